The maximum Gasteiger partial charge on any atom is 0.260 e. The van der Waals surface area contributed by atoms with E-state index in [-0.39, 0.29) is 24.5 Å². The van der Waals surface area contributed by atoms with Crippen LogP contribution in [0, 0.1) is 0 Å². The number of carbonyl (C=O) groups is 2. The highest BCUT2D eigenvalue weighted by atomic mass is 35.5. The van der Waals surface area contributed by atoms with E-state index in [0.29, 0.717) is 60.4 Å². The molecule has 0 radical (unpaired) electrons. The second kappa shape index (κ2) is 14.8. The van der Waals surface area contributed by atoms with Crippen molar-refractivity contribution in [2.24, 2.45) is 0 Å². The molecule has 0 spiro atoms. The quantitative estimate of drug-likeness (QED) is 0.144. The normalized spacial score (nSPS) is 15.0. The first-order valence-electron chi connectivity index (χ1n) is 14.2. The highest BCUT2D eigenvalue weighted by molar-refractivity contribution is 7.99. The Bertz CT molecular complexity index is 1540. The second-order valence-electron chi connectivity index (χ2n) is 10.3. The fraction of sp³-hybridized carbons (Fsp3) is 0.312. The molecule has 43 heavy (non-hydrogen) atoms. The molecule has 0 aliphatic carbocycles. The first-order chi connectivity index (χ1) is 20.9. The molecule has 4 aromatic rings. The van der Waals surface area contributed by atoms with E-state index >= 15 is 0 Å². The summed E-state index contributed by atoms with van der Waals surface area (Å²) >= 11 is 14.1. The first-order valence-corrected chi connectivity index (χ1v) is 15.9. The number of piperazine rings is 1. The average molecular weight is 639 g/mol. The van der Waals surface area contributed by atoms with Crippen molar-refractivity contribution in [2.75, 3.05) is 32.0 Å². The molecule has 3 aromatic carbocycles. The van der Waals surface area contributed by atoms with Crippen LogP contribution in [0.4, 0.5) is 0 Å². The number of hydrogen-bond acceptors (Lipinski definition) is 6. The van der Waals surface area contributed by atoms with E-state index in [1.54, 1.807) is 22.7 Å². The van der Waals surface area contributed by atoms with Crippen molar-refractivity contribution in [3.8, 4) is 11.4 Å². The Morgan fingerprint density at radius 1 is 0.930 bits per heavy atom. The highest BCUT2D eigenvalue weighted by Crippen LogP contribution is 2.29. The Balaban J connectivity index is 1.14. The Labute approximate surface area is 265 Å². The van der Waals surface area contributed by atoms with Crippen molar-refractivity contribution in [2.45, 2.75) is 37.4 Å². The number of halogens is 2. The van der Waals surface area contributed by atoms with Gasteiger partial charge in [0, 0.05) is 44.3 Å². The topological polar surface area (TPSA) is 80.6 Å². The van der Waals surface area contributed by atoms with Crippen molar-refractivity contribution in [3.05, 3.63) is 100 Å². The minimum absolute atomic E-state index is 0.0145. The lowest BCUT2D eigenvalue weighted by molar-refractivity contribution is -0.143. The van der Waals surface area contributed by atoms with Gasteiger partial charge in [-0.25, -0.2) is 0 Å². The third kappa shape index (κ3) is 8.10. The van der Waals surface area contributed by atoms with Crippen LogP contribution in [0.2, 0.25) is 10.0 Å². The standard InChI is InChI=1S/C32H33Cl2N5O3S/c1-23-21-37(16-17-38(23)31(41)22-42-26-11-6-3-7-12-26)30(40)13-8-18-43-32-36-35-29(19-24-9-4-2-5-10-24)39(32)25-14-15-27(33)28(34)20-25/h2-7,9-12,14-15,20,23H,8,13,16-19,21-22H2,1H3. The Hall–Kier alpha value is -3.53. The summed E-state index contributed by atoms with van der Waals surface area (Å²) in [5, 5.41) is 10.6. The number of para-hydroxylation sites is 1. The van der Waals surface area contributed by atoms with E-state index < -0.39 is 0 Å². The van der Waals surface area contributed by atoms with Gasteiger partial charge < -0.3 is 14.5 Å². The molecular weight excluding hydrogens is 605 g/mol. The van der Waals surface area contributed by atoms with Crippen LogP contribution in [0.15, 0.2) is 84.0 Å². The van der Waals surface area contributed by atoms with Gasteiger partial charge in [-0.05, 0) is 49.2 Å². The molecule has 1 saturated heterocycles. The van der Waals surface area contributed by atoms with Gasteiger partial charge in [-0.1, -0.05) is 83.5 Å². The van der Waals surface area contributed by atoms with Gasteiger partial charge in [0.15, 0.2) is 11.8 Å². The lowest BCUT2D eigenvalue weighted by Gasteiger charge is -2.39. The largest absolute Gasteiger partial charge is 0.484 e. The maximum atomic E-state index is 13.0. The fourth-order valence-corrected chi connectivity index (χ4v) is 6.22. The average Bonchev–Trinajstić information content (AvgIpc) is 3.42. The summed E-state index contributed by atoms with van der Waals surface area (Å²) in [6, 6.07) is 24.8. The molecule has 224 valence electrons. The predicted molar refractivity (Wildman–Crippen MR) is 170 cm³/mol. The Morgan fingerprint density at radius 2 is 1.67 bits per heavy atom. The summed E-state index contributed by atoms with van der Waals surface area (Å²) < 4.78 is 7.63. The van der Waals surface area contributed by atoms with Gasteiger partial charge in [0.25, 0.3) is 5.91 Å². The number of ether oxygens (including phenoxy) is 1. The van der Waals surface area contributed by atoms with Gasteiger partial charge in [-0.2, -0.15) is 0 Å². The lowest BCUT2D eigenvalue weighted by Crippen LogP contribution is -2.56. The molecular formula is C32H33Cl2N5O3S. The Kier molecular flexibility index (Phi) is 10.6. The summed E-state index contributed by atoms with van der Waals surface area (Å²) in [6.45, 7) is 3.48. The molecule has 1 fully saturated rings. The van der Waals surface area contributed by atoms with Crippen LogP contribution in [0.1, 0.15) is 31.2 Å². The molecule has 5 rings (SSSR count). The van der Waals surface area contributed by atoms with Crippen LogP contribution in [0.5, 0.6) is 5.75 Å². The number of benzene rings is 3. The summed E-state index contributed by atoms with van der Waals surface area (Å²) in [5.41, 5.74) is 1.96. The molecule has 1 atom stereocenters. The summed E-state index contributed by atoms with van der Waals surface area (Å²) in [6.07, 6.45) is 1.71. The molecule has 2 heterocycles. The minimum atomic E-state index is -0.0771. The number of amides is 2. The molecule has 11 heteroatoms. The van der Waals surface area contributed by atoms with E-state index in [9.17, 15) is 9.59 Å². The zero-order chi connectivity index (χ0) is 30.2. The Morgan fingerprint density at radius 3 is 2.40 bits per heavy atom. The van der Waals surface area contributed by atoms with Gasteiger partial charge in [0.05, 0.1) is 15.7 Å². The minimum Gasteiger partial charge on any atom is -0.484 e. The van der Waals surface area contributed by atoms with E-state index in [0.717, 1.165) is 22.2 Å². The lowest BCUT2D eigenvalue weighted by atomic mass is 10.1. The molecule has 8 nitrogen and oxygen atoms in total. The summed E-state index contributed by atoms with van der Waals surface area (Å²) in [7, 11) is 0. The fourth-order valence-electron chi connectivity index (χ4n) is 5.01. The maximum absolute atomic E-state index is 13.0. The third-order valence-corrected chi connectivity index (χ3v) is 8.99. The van der Waals surface area contributed by atoms with Crippen LogP contribution in [-0.4, -0.2) is 74.4 Å². The summed E-state index contributed by atoms with van der Waals surface area (Å²) in [4.78, 5) is 29.4. The highest BCUT2D eigenvalue weighted by Gasteiger charge is 2.29. The predicted octanol–water partition coefficient (Wildman–Crippen LogP) is 6.18. The van der Waals surface area contributed by atoms with Crippen LogP contribution in [0.25, 0.3) is 5.69 Å². The van der Waals surface area contributed by atoms with Gasteiger partial charge in [-0.3, -0.25) is 14.2 Å². The van der Waals surface area contributed by atoms with Gasteiger partial charge in [-0.15, -0.1) is 10.2 Å². The van der Waals surface area contributed by atoms with Gasteiger partial charge >= 0.3 is 0 Å². The number of carbonyl (C=O) groups excluding carboxylic acids is 2. The van der Waals surface area contributed by atoms with Crippen molar-refractivity contribution in [1.82, 2.24) is 24.6 Å². The molecule has 2 amide bonds. The van der Waals surface area contributed by atoms with Crippen LogP contribution in [0.3, 0.4) is 0 Å². The molecule has 1 aliphatic rings. The number of thioether (sulfide) groups is 1. The van der Waals surface area contributed by atoms with Crippen molar-refractivity contribution in [1.29, 1.82) is 0 Å². The molecule has 0 N–H and O–H groups in total. The van der Waals surface area contributed by atoms with Crippen LogP contribution in [-0.2, 0) is 16.0 Å². The van der Waals surface area contributed by atoms with E-state index in [4.69, 9.17) is 27.9 Å². The van der Waals surface area contributed by atoms with Crippen molar-refractivity contribution < 1.29 is 14.3 Å². The zero-order valence-corrected chi connectivity index (χ0v) is 26.2. The van der Waals surface area contributed by atoms with Crippen molar-refractivity contribution in [3.63, 3.8) is 0 Å². The molecule has 0 bridgehead atoms. The van der Waals surface area contributed by atoms with Crippen LogP contribution < -0.4 is 4.74 Å². The third-order valence-electron chi connectivity index (χ3n) is 7.24. The molecule has 1 aromatic heterocycles. The summed E-state index contributed by atoms with van der Waals surface area (Å²) in [5.74, 6) is 2.17. The van der Waals surface area contributed by atoms with E-state index in [2.05, 4.69) is 22.3 Å². The molecule has 1 unspecified atom stereocenters. The van der Waals surface area contributed by atoms with E-state index in [1.165, 1.54) is 0 Å². The van der Waals surface area contributed by atoms with Crippen molar-refractivity contribution >= 4 is 46.8 Å². The number of hydrogen-bond donors (Lipinski definition) is 0. The van der Waals surface area contributed by atoms with Crippen LogP contribution >= 0.6 is 35.0 Å². The smallest absolute Gasteiger partial charge is 0.260 e. The number of nitrogens with zero attached hydrogens (tertiary/aromatic N) is 5. The number of aromatic nitrogens is 3. The van der Waals surface area contributed by atoms with E-state index in [1.807, 2.05) is 77.1 Å². The first kappa shape index (κ1) is 30.9. The van der Waals surface area contributed by atoms with Gasteiger partial charge in [0.2, 0.25) is 5.91 Å². The zero-order valence-electron chi connectivity index (χ0n) is 23.9. The second-order valence-corrected chi connectivity index (χ2v) is 12.2. The number of rotatable bonds is 11. The molecule has 1 aliphatic heterocycles. The monoisotopic (exact) mass is 637 g/mol. The van der Waals surface area contributed by atoms with Gasteiger partial charge in [0.1, 0.15) is 11.6 Å². The SMILES string of the molecule is CC1CN(C(=O)CCCSc2nnc(Cc3ccccc3)n2-c2ccc(Cl)c(Cl)c2)CCN1C(=O)COc1ccccc1. The molecule has 0 saturated carbocycles.